The number of amides is 1. The maximum absolute atomic E-state index is 13.0. The quantitative estimate of drug-likeness (QED) is 0.631. The first-order valence-corrected chi connectivity index (χ1v) is 11.2. The largest absolute Gasteiger partial charge is 0.493 e. The molecule has 1 fully saturated rings. The van der Waals surface area contributed by atoms with Crippen molar-refractivity contribution in [3.05, 3.63) is 29.1 Å². The predicted octanol–water partition coefficient (Wildman–Crippen LogP) is 4.87. The Hall–Kier alpha value is -2.54. The fourth-order valence-electron chi connectivity index (χ4n) is 4.37. The van der Waals surface area contributed by atoms with Gasteiger partial charge in [0.2, 0.25) is 0 Å². The molecule has 1 aliphatic carbocycles. The molecule has 7 heteroatoms. The second-order valence-electron chi connectivity index (χ2n) is 8.22. The number of thiophene rings is 1. The highest BCUT2D eigenvalue weighted by atomic mass is 32.1. The molecule has 0 aliphatic heterocycles. The molecule has 3 aromatic rings. The molecule has 3 unspecified atom stereocenters. The molecule has 6 nitrogen and oxygen atoms in total. The highest BCUT2D eigenvalue weighted by Gasteiger charge is 2.29. The minimum absolute atomic E-state index is 0.0143. The van der Waals surface area contributed by atoms with Crippen LogP contribution >= 0.6 is 11.3 Å². The minimum Gasteiger partial charge on any atom is -0.493 e. The number of nitrogens with zero attached hydrogens (tertiary/aromatic N) is 2. The second kappa shape index (κ2) is 8.30. The number of benzene rings is 1. The summed E-state index contributed by atoms with van der Waals surface area (Å²) in [5.41, 5.74) is 1.76. The summed E-state index contributed by atoms with van der Waals surface area (Å²) >= 11 is 1.49. The molecule has 0 radical (unpaired) electrons. The fourth-order valence-corrected chi connectivity index (χ4v) is 5.35. The lowest BCUT2D eigenvalue weighted by atomic mass is 9.78. The van der Waals surface area contributed by atoms with Crippen LogP contribution in [0, 0.1) is 11.8 Å². The molecule has 1 amide bonds. The van der Waals surface area contributed by atoms with Crippen molar-refractivity contribution < 1.29 is 14.3 Å². The molecule has 30 heavy (non-hydrogen) atoms. The van der Waals surface area contributed by atoms with Gasteiger partial charge in [0.1, 0.15) is 10.5 Å². The van der Waals surface area contributed by atoms with Gasteiger partial charge in [-0.05, 0) is 42.5 Å². The third kappa shape index (κ3) is 3.67. The Labute approximate surface area is 181 Å². The lowest BCUT2D eigenvalue weighted by Crippen LogP contribution is -2.43. The molecule has 0 spiro atoms. The van der Waals surface area contributed by atoms with Crippen LogP contribution in [0.25, 0.3) is 21.5 Å². The summed E-state index contributed by atoms with van der Waals surface area (Å²) in [7, 11) is 5.15. The molecule has 1 N–H and O–H groups in total. The molecule has 4 rings (SSSR count). The highest BCUT2D eigenvalue weighted by Crippen LogP contribution is 2.38. The number of ether oxygens (including phenoxy) is 2. The van der Waals surface area contributed by atoms with Crippen molar-refractivity contribution in [1.82, 2.24) is 15.1 Å². The first kappa shape index (κ1) is 20.7. The van der Waals surface area contributed by atoms with E-state index in [0.29, 0.717) is 23.3 Å². The monoisotopic (exact) mass is 427 g/mol. The van der Waals surface area contributed by atoms with Gasteiger partial charge in [-0.3, -0.25) is 9.48 Å². The summed E-state index contributed by atoms with van der Waals surface area (Å²) in [5, 5.41) is 8.95. The van der Waals surface area contributed by atoms with Crippen molar-refractivity contribution in [1.29, 1.82) is 0 Å². The van der Waals surface area contributed by atoms with E-state index in [1.807, 2.05) is 36.0 Å². The maximum atomic E-state index is 13.0. The van der Waals surface area contributed by atoms with E-state index in [0.717, 1.165) is 32.8 Å². The SMILES string of the molecule is COc1ccc(-c2nn(C)c3sc(C(=O)NC4CCCC(C)C4C)cc23)cc1OC. The van der Waals surface area contributed by atoms with Gasteiger partial charge in [0.05, 0.1) is 19.1 Å². The molecular weight excluding hydrogens is 398 g/mol. The molecule has 1 saturated carbocycles. The number of nitrogens with one attached hydrogen (secondary N) is 1. The predicted molar refractivity (Wildman–Crippen MR) is 121 cm³/mol. The summed E-state index contributed by atoms with van der Waals surface area (Å²) < 4.78 is 12.6. The van der Waals surface area contributed by atoms with E-state index < -0.39 is 0 Å². The van der Waals surface area contributed by atoms with Crippen molar-refractivity contribution in [2.24, 2.45) is 18.9 Å². The topological polar surface area (TPSA) is 65.4 Å². The van der Waals surface area contributed by atoms with Gasteiger partial charge >= 0.3 is 0 Å². The van der Waals surface area contributed by atoms with Crippen molar-refractivity contribution in [2.45, 2.75) is 39.2 Å². The zero-order valence-electron chi connectivity index (χ0n) is 18.2. The van der Waals surface area contributed by atoms with Crippen molar-refractivity contribution >= 4 is 27.5 Å². The van der Waals surface area contributed by atoms with Crippen LogP contribution in [0.15, 0.2) is 24.3 Å². The number of methoxy groups -OCH3 is 2. The van der Waals surface area contributed by atoms with Gasteiger partial charge in [0.25, 0.3) is 5.91 Å². The van der Waals surface area contributed by atoms with E-state index in [-0.39, 0.29) is 11.9 Å². The van der Waals surface area contributed by atoms with E-state index in [1.54, 1.807) is 14.2 Å². The number of hydrogen-bond donors (Lipinski definition) is 1. The molecule has 2 heterocycles. The van der Waals surface area contributed by atoms with Crippen molar-refractivity contribution in [3.8, 4) is 22.8 Å². The van der Waals surface area contributed by atoms with Gasteiger partial charge < -0.3 is 14.8 Å². The number of aromatic nitrogens is 2. The lowest BCUT2D eigenvalue weighted by Gasteiger charge is -2.34. The van der Waals surface area contributed by atoms with Gasteiger partial charge in [-0.25, -0.2) is 0 Å². The zero-order valence-corrected chi connectivity index (χ0v) is 19.0. The fraction of sp³-hybridized carbons (Fsp3) is 0.478. The molecular formula is C23H29N3O3S. The Morgan fingerprint density at radius 2 is 1.93 bits per heavy atom. The third-order valence-electron chi connectivity index (χ3n) is 6.42. The average Bonchev–Trinajstić information content (AvgIpc) is 3.31. The van der Waals surface area contributed by atoms with Crippen LogP contribution in [0.2, 0.25) is 0 Å². The Morgan fingerprint density at radius 1 is 1.17 bits per heavy atom. The molecule has 2 aromatic heterocycles. The van der Waals surface area contributed by atoms with Crippen molar-refractivity contribution in [2.75, 3.05) is 14.2 Å². The lowest BCUT2D eigenvalue weighted by molar-refractivity contribution is 0.0895. The number of hydrogen-bond acceptors (Lipinski definition) is 5. The standard InChI is InChI=1S/C23H29N3O3S/c1-13-7-6-8-17(14(13)2)24-22(27)20-12-16-21(25-26(3)23(16)30-20)15-9-10-18(28-4)19(11-15)29-5/h9-14,17H,6-8H2,1-5H3,(H,24,27). The Bertz CT molecular complexity index is 1070. The van der Waals surface area contributed by atoms with Crippen LogP contribution in [0.3, 0.4) is 0 Å². The minimum atomic E-state index is 0.0143. The Morgan fingerprint density at radius 3 is 2.67 bits per heavy atom. The molecule has 0 saturated heterocycles. The Kier molecular flexibility index (Phi) is 5.73. The number of carbonyl (C=O) groups excluding carboxylic acids is 1. The zero-order chi connectivity index (χ0) is 21.4. The third-order valence-corrected chi connectivity index (χ3v) is 7.62. The van der Waals surface area contributed by atoms with Gasteiger partial charge in [-0.15, -0.1) is 11.3 Å². The normalized spacial score (nSPS) is 21.6. The van der Waals surface area contributed by atoms with Crippen LogP contribution in [-0.2, 0) is 7.05 Å². The van der Waals surface area contributed by atoms with Gasteiger partial charge in [0, 0.05) is 24.0 Å². The number of fused-ring (bicyclic) bond motifs is 1. The summed E-state index contributed by atoms with van der Waals surface area (Å²) in [6.45, 7) is 4.53. The number of aryl methyl sites for hydroxylation is 1. The van der Waals surface area contributed by atoms with E-state index in [1.165, 1.54) is 24.2 Å². The molecule has 160 valence electrons. The van der Waals surface area contributed by atoms with Gasteiger partial charge in [0.15, 0.2) is 11.5 Å². The first-order chi connectivity index (χ1) is 14.4. The molecule has 3 atom stereocenters. The van der Waals surface area contributed by atoms with Crippen LogP contribution in [0.5, 0.6) is 11.5 Å². The van der Waals surface area contributed by atoms with E-state index in [9.17, 15) is 4.79 Å². The van der Waals surface area contributed by atoms with Crippen LogP contribution in [0.1, 0.15) is 42.8 Å². The van der Waals surface area contributed by atoms with E-state index >= 15 is 0 Å². The molecule has 1 aliphatic rings. The average molecular weight is 428 g/mol. The molecule has 0 bridgehead atoms. The number of rotatable bonds is 5. The molecule has 1 aromatic carbocycles. The van der Waals surface area contributed by atoms with Gasteiger partial charge in [-0.1, -0.05) is 26.7 Å². The first-order valence-electron chi connectivity index (χ1n) is 10.4. The van der Waals surface area contributed by atoms with E-state index in [4.69, 9.17) is 9.47 Å². The van der Waals surface area contributed by atoms with Crippen molar-refractivity contribution in [3.63, 3.8) is 0 Å². The number of carbonyl (C=O) groups is 1. The maximum Gasteiger partial charge on any atom is 0.261 e. The van der Waals surface area contributed by atoms with Crippen LogP contribution < -0.4 is 14.8 Å². The summed E-state index contributed by atoms with van der Waals surface area (Å²) in [6, 6.07) is 7.97. The van der Waals surface area contributed by atoms with Crippen LogP contribution in [-0.4, -0.2) is 35.9 Å². The van der Waals surface area contributed by atoms with E-state index in [2.05, 4.69) is 24.3 Å². The van der Waals surface area contributed by atoms with Crippen LogP contribution in [0.4, 0.5) is 0 Å². The van der Waals surface area contributed by atoms with Gasteiger partial charge in [-0.2, -0.15) is 5.10 Å². The Balaban J connectivity index is 1.65. The summed E-state index contributed by atoms with van der Waals surface area (Å²) in [5.74, 6) is 2.49. The highest BCUT2D eigenvalue weighted by molar-refractivity contribution is 7.20. The second-order valence-corrected chi connectivity index (χ2v) is 9.25. The summed E-state index contributed by atoms with van der Waals surface area (Å²) in [6.07, 6.45) is 3.48. The summed E-state index contributed by atoms with van der Waals surface area (Å²) in [4.78, 5) is 14.7. The smallest absolute Gasteiger partial charge is 0.261 e.